The van der Waals surface area contributed by atoms with Gasteiger partial charge < -0.3 is 20.2 Å². The van der Waals surface area contributed by atoms with Crippen molar-refractivity contribution in [3.63, 3.8) is 0 Å². The Kier molecular flexibility index (Phi) is 8.84. The molecule has 4 heteroatoms. The van der Waals surface area contributed by atoms with Crippen LogP contribution in [0.1, 0.15) is 20.3 Å². The molecule has 0 bridgehead atoms. The third-order valence-electron chi connectivity index (χ3n) is 2.70. The SMILES string of the molecule is CC(C)N(C)CCCNCC(O)CN(C)C. The number of hydrogen-bond donors (Lipinski definition) is 2. The molecule has 0 saturated heterocycles. The monoisotopic (exact) mass is 231 g/mol. The van der Waals surface area contributed by atoms with Gasteiger partial charge in [0.2, 0.25) is 0 Å². The van der Waals surface area contributed by atoms with E-state index in [0.717, 1.165) is 26.1 Å². The number of hydrogen-bond acceptors (Lipinski definition) is 4. The van der Waals surface area contributed by atoms with E-state index in [2.05, 4.69) is 31.1 Å². The first-order valence-corrected chi connectivity index (χ1v) is 6.17. The molecule has 0 fully saturated rings. The maximum Gasteiger partial charge on any atom is 0.0791 e. The maximum absolute atomic E-state index is 9.60. The number of aliphatic hydroxyl groups is 1. The van der Waals surface area contributed by atoms with Gasteiger partial charge in [-0.25, -0.2) is 0 Å². The first-order valence-electron chi connectivity index (χ1n) is 6.17. The summed E-state index contributed by atoms with van der Waals surface area (Å²) in [6.07, 6.45) is 0.862. The Morgan fingerprint density at radius 2 is 1.81 bits per heavy atom. The van der Waals surface area contributed by atoms with E-state index in [4.69, 9.17) is 0 Å². The zero-order chi connectivity index (χ0) is 12.6. The fraction of sp³-hybridized carbons (Fsp3) is 1.00. The predicted octanol–water partition coefficient (Wildman–Crippen LogP) is 0.229. The lowest BCUT2D eigenvalue weighted by molar-refractivity contribution is 0.134. The summed E-state index contributed by atoms with van der Waals surface area (Å²) >= 11 is 0. The molecule has 0 aromatic carbocycles. The molecule has 1 atom stereocenters. The minimum Gasteiger partial charge on any atom is -0.390 e. The Hall–Kier alpha value is -0.160. The summed E-state index contributed by atoms with van der Waals surface area (Å²) in [5.74, 6) is 0. The van der Waals surface area contributed by atoms with Crippen LogP contribution < -0.4 is 5.32 Å². The molecular formula is C12H29N3O. The van der Waals surface area contributed by atoms with Crippen molar-refractivity contribution in [3.8, 4) is 0 Å². The van der Waals surface area contributed by atoms with Crippen LogP contribution in [0.3, 0.4) is 0 Å². The summed E-state index contributed by atoms with van der Waals surface area (Å²) in [5, 5.41) is 12.9. The van der Waals surface area contributed by atoms with Gasteiger partial charge in [0, 0.05) is 19.1 Å². The number of nitrogens with zero attached hydrogens (tertiary/aromatic N) is 2. The highest BCUT2D eigenvalue weighted by Crippen LogP contribution is 1.94. The molecule has 0 aliphatic rings. The fourth-order valence-corrected chi connectivity index (χ4v) is 1.47. The molecular weight excluding hydrogens is 202 g/mol. The fourth-order valence-electron chi connectivity index (χ4n) is 1.47. The molecule has 0 aliphatic heterocycles. The van der Waals surface area contributed by atoms with E-state index < -0.39 is 0 Å². The summed E-state index contributed by atoms with van der Waals surface area (Å²) < 4.78 is 0. The second-order valence-corrected chi connectivity index (χ2v) is 5.05. The summed E-state index contributed by atoms with van der Waals surface area (Å²) in [7, 11) is 6.09. The Bertz CT molecular complexity index is 162. The molecule has 1 unspecified atom stereocenters. The van der Waals surface area contributed by atoms with Gasteiger partial charge in [0.15, 0.2) is 0 Å². The molecule has 0 radical (unpaired) electrons. The Balaban J connectivity index is 3.33. The molecule has 0 aromatic heterocycles. The standard InChI is InChI=1S/C12H29N3O/c1-11(2)15(5)8-6-7-13-9-12(16)10-14(3)4/h11-13,16H,6-10H2,1-5H3. The van der Waals surface area contributed by atoms with E-state index in [9.17, 15) is 5.11 Å². The molecule has 0 amide bonds. The van der Waals surface area contributed by atoms with E-state index >= 15 is 0 Å². The maximum atomic E-state index is 9.60. The third-order valence-corrected chi connectivity index (χ3v) is 2.70. The molecule has 4 nitrogen and oxygen atoms in total. The molecule has 0 aromatic rings. The van der Waals surface area contributed by atoms with Crippen LogP contribution in [-0.2, 0) is 0 Å². The lowest BCUT2D eigenvalue weighted by Crippen LogP contribution is -2.36. The Labute approximate surface area is 101 Å². The minimum atomic E-state index is -0.266. The number of aliphatic hydroxyl groups excluding tert-OH is 1. The van der Waals surface area contributed by atoms with Crippen molar-refractivity contribution >= 4 is 0 Å². The van der Waals surface area contributed by atoms with E-state index in [1.165, 1.54) is 0 Å². The topological polar surface area (TPSA) is 38.7 Å². The van der Waals surface area contributed by atoms with Crippen molar-refractivity contribution < 1.29 is 5.11 Å². The van der Waals surface area contributed by atoms with Crippen LogP contribution in [0.15, 0.2) is 0 Å². The van der Waals surface area contributed by atoms with Crippen LogP contribution in [0.2, 0.25) is 0 Å². The van der Waals surface area contributed by atoms with Crippen molar-refractivity contribution in [2.45, 2.75) is 32.4 Å². The second kappa shape index (κ2) is 8.93. The van der Waals surface area contributed by atoms with Crippen LogP contribution in [0.5, 0.6) is 0 Å². The molecule has 0 heterocycles. The number of rotatable bonds is 9. The van der Waals surface area contributed by atoms with Crippen LogP contribution in [0.25, 0.3) is 0 Å². The molecule has 98 valence electrons. The Morgan fingerprint density at radius 3 is 2.31 bits per heavy atom. The molecule has 0 saturated carbocycles. The van der Waals surface area contributed by atoms with Crippen molar-refractivity contribution in [2.24, 2.45) is 0 Å². The summed E-state index contributed by atoms with van der Waals surface area (Å²) in [6.45, 7) is 7.89. The van der Waals surface area contributed by atoms with Crippen molar-refractivity contribution in [3.05, 3.63) is 0 Å². The minimum absolute atomic E-state index is 0.266. The predicted molar refractivity (Wildman–Crippen MR) is 69.8 cm³/mol. The van der Waals surface area contributed by atoms with Crippen LogP contribution in [-0.4, -0.2) is 74.4 Å². The molecule has 0 spiro atoms. The van der Waals surface area contributed by atoms with Crippen molar-refractivity contribution in [1.29, 1.82) is 0 Å². The highest BCUT2D eigenvalue weighted by molar-refractivity contribution is 4.63. The quantitative estimate of drug-likeness (QED) is 0.557. The van der Waals surface area contributed by atoms with Crippen LogP contribution in [0.4, 0.5) is 0 Å². The van der Waals surface area contributed by atoms with Gasteiger partial charge in [0.25, 0.3) is 0 Å². The Morgan fingerprint density at radius 1 is 1.19 bits per heavy atom. The van der Waals surface area contributed by atoms with E-state index in [-0.39, 0.29) is 6.10 Å². The van der Waals surface area contributed by atoms with E-state index in [1.807, 2.05) is 19.0 Å². The highest BCUT2D eigenvalue weighted by atomic mass is 16.3. The smallest absolute Gasteiger partial charge is 0.0791 e. The van der Waals surface area contributed by atoms with Gasteiger partial charge in [-0.1, -0.05) is 0 Å². The van der Waals surface area contributed by atoms with Crippen LogP contribution >= 0.6 is 0 Å². The lowest BCUT2D eigenvalue weighted by atomic mass is 10.3. The number of nitrogens with one attached hydrogen (secondary N) is 1. The average Bonchev–Trinajstić information content (AvgIpc) is 2.15. The average molecular weight is 231 g/mol. The van der Waals surface area contributed by atoms with Crippen LogP contribution in [0, 0.1) is 0 Å². The lowest BCUT2D eigenvalue weighted by Gasteiger charge is -2.21. The van der Waals surface area contributed by atoms with Gasteiger partial charge in [-0.05, 0) is 54.5 Å². The normalized spacial score (nSPS) is 14.1. The summed E-state index contributed by atoms with van der Waals surface area (Å²) in [5.41, 5.74) is 0. The zero-order valence-corrected chi connectivity index (χ0v) is 11.5. The largest absolute Gasteiger partial charge is 0.390 e. The van der Waals surface area contributed by atoms with Gasteiger partial charge in [0.05, 0.1) is 6.10 Å². The van der Waals surface area contributed by atoms with Gasteiger partial charge in [-0.2, -0.15) is 0 Å². The van der Waals surface area contributed by atoms with Crippen molar-refractivity contribution in [2.75, 3.05) is 47.3 Å². The van der Waals surface area contributed by atoms with E-state index in [1.54, 1.807) is 0 Å². The number of likely N-dealkylation sites (N-methyl/N-ethyl adjacent to an activating group) is 1. The van der Waals surface area contributed by atoms with Gasteiger partial charge in [0.1, 0.15) is 0 Å². The van der Waals surface area contributed by atoms with E-state index in [0.29, 0.717) is 12.6 Å². The first kappa shape index (κ1) is 15.8. The van der Waals surface area contributed by atoms with Gasteiger partial charge in [-0.3, -0.25) is 0 Å². The van der Waals surface area contributed by atoms with Gasteiger partial charge in [-0.15, -0.1) is 0 Å². The summed E-state index contributed by atoms with van der Waals surface area (Å²) in [4.78, 5) is 4.33. The zero-order valence-electron chi connectivity index (χ0n) is 11.5. The van der Waals surface area contributed by atoms with Crippen molar-refractivity contribution in [1.82, 2.24) is 15.1 Å². The highest BCUT2D eigenvalue weighted by Gasteiger charge is 2.05. The van der Waals surface area contributed by atoms with Gasteiger partial charge >= 0.3 is 0 Å². The second-order valence-electron chi connectivity index (χ2n) is 5.05. The molecule has 2 N–H and O–H groups in total. The molecule has 16 heavy (non-hydrogen) atoms. The summed E-state index contributed by atoms with van der Waals surface area (Å²) in [6, 6.07) is 0.610. The first-order chi connectivity index (χ1) is 7.43. The molecule has 0 aliphatic carbocycles. The molecule has 0 rings (SSSR count). The third kappa shape index (κ3) is 9.09.